The zero-order valence-electron chi connectivity index (χ0n) is 10.0. The first-order valence-corrected chi connectivity index (χ1v) is 5.34. The molecule has 1 aromatic heterocycles. The molecule has 1 amide bonds. The Kier molecular flexibility index (Phi) is 4.33. The Bertz CT molecular complexity index is 414. The first-order valence-electron chi connectivity index (χ1n) is 5.34. The van der Waals surface area contributed by atoms with Crippen LogP contribution in [0.25, 0.3) is 0 Å². The smallest absolute Gasteiger partial charge is 0.368 e. The Hall–Kier alpha value is -1.57. The van der Waals surface area contributed by atoms with Gasteiger partial charge in [0, 0.05) is 17.8 Å². The van der Waals surface area contributed by atoms with Crippen molar-refractivity contribution in [1.82, 2.24) is 15.1 Å². The van der Waals surface area contributed by atoms with Crippen LogP contribution in [0.4, 0.5) is 13.2 Å². The van der Waals surface area contributed by atoms with E-state index in [-0.39, 0.29) is 6.04 Å². The Morgan fingerprint density at radius 2 is 2.17 bits per heavy atom. The largest absolute Gasteiger partial charge is 0.401 e. The fourth-order valence-electron chi connectivity index (χ4n) is 1.38. The molecule has 18 heavy (non-hydrogen) atoms. The third-order valence-electron chi connectivity index (χ3n) is 2.28. The molecule has 5 nitrogen and oxygen atoms in total. The maximum atomic E-state index is 12.1. The second-order valence-corrected chi connectivity index (χ2v) is 4.18. The number of aromatic nitrogens is 2. The van der Waals surface area contributed by atoms with Crippen LogP contribution in [0.2, 0.25) is 0 Å². The van der Waals surface area contributed by atoms with E-state index < -0.39 is 24.7 Å². The number of amides is 1. The molecule has 0 aromatic carbocycles. The minimum Gasteiger partial charge on any atom is -0.368 e. The SMILES string of the molecule is CC(C)n1cc(C(NCC(F)(F)F)C(N)=O)cn1. The second kappa shape index (κ2) is 5.38. The van der Waals surface area contributed by atoms with Crippen molar-refractivity contribution < 1.29 is 18.0 Å². The van der Waals surface area contributed by atoms with E-state index in [9.17, 15) is 18.0 Å². The van der Waals surface area contributed by atoms with E-state index in [2.05, 4.69) is 10.4 Å². The summed E-state index contributed by atoms with van der Waals surface area (Å²) >= 11 is 0. The molecule has 0 aliphatic heterocycles. The number of hydrogen-bond acceptors (Lipinski definition) is 3. The van der Waals surface area contributed by atoms with E-state index in [1.165, 1.54) is 12.4 Å². The Morgan fingerprint density at radius 3 is 2.56 bits per heavy atom. The summed E-state index contributed by atoms with van der Waals surface area (Å²) in [5.74, 6) is -0.873. The van der Waals surface area contributed by atoms with E-state index in [1.54, 1.807) is 4.68 Å². The molecule has 1 aromatic rings. The highest BCUT2D eigenvalue weighted by Gasteiger charge is 2.30. The van der Waals surface area contributed by atoms with E-state index in [0.29, 0.717) is 5.56 Å². The molecular formula is C10H15F3N4O. The van der Waals surface area contributed by atoms with Crippen molar-refractivity contribution >= 4 is 5.91 Å². The van der Waals surface area contributed by atoms with Gasteiger partial charge in [0.1, 0.15) is 6.04 Å². The highest BCUT2D eigenvalue weighted by molar-refractivity contribution is 5.81. The zero-order valence-corrected chi connectivity index (χ0v) is 10.0. The van der Waals surface area contributed by atoms with Crippen LogP contribution in [0.5, 0.6) is 0 Å². The molecule has 1 rings (SSSR count). The average molecular weight is 264 g/mol. The molecule has 1 heterocycles. The monoisotopic (exact) mass is 264 g/mol. The number of nitrogens with one attached hydrogen (secondary N) is 1. The molecule has 3 N–H and O–H groups in total. The van der Waals surface area contributed by atoms with Gasteiger partial charge in [0.15, 0.2) is 0 Å². The molecule has 0 fully saturated rings. The lowest BCUT2D eigenvalue weighted by Gasteiger charge is -2.15. The predicted octanol–water partition coefficient (Wildman–Crippen LogP) is 1.14. The normalized spacial score (nSPS) is 13.9. The van der Waals surface area contributed by atoms with Gasteiger partial charge in [-0.3, -0.25) is 14.8 Å². The van der Waals surface area contributed by atoms with Gasteiger partial charge in [0.05, 0.1) is 12.7 Å². The van der Waals surface area contributed by atoms with Crippen LogP contribution in [0.1, 0.15) is 31.5 Å². The first kappa shape index (κ1) is 14.5. The molecule has 1 atom stereocenters. The topological polar surface area (TPSA) is 72.9 Å². The van der Waals surface area contributed by atoms with Gasteiger partial charge in [0.2, 0.25) is 5.91 Å². The van der Waals surface area contributed by atoms with Crippen LogP contribution < -0.4 is 11.1 Å². The van der Waals surface area contributed by atoms with Crippen LogP contribution in [0, 0.1) is 0 Å². The molecule has 0 spiro atoms. The maximum absolute atomic E-state index is 12.1. The predicted molar refractivity (Wildman–Crippen MR) is 58.6 cm³/mol. The number of nitrogens with zero attached hydrogens (tertiary/aromatic N) is 2. The summed E-state index contributed by atoms with van der Waals surface area (Å²) in [4.78, 5) is 11.2. The number of carbonyl (C=O) groups excluding carboxylic acids is 1. The van der Waals surface area contributed by atoms with Crippen LogP contribution in [-0.4, -0.2) is 28.4 Å². The Labute approximate surface area is 102 Å². The van der Waals surface area contributed by atoms with Crippen molar-refractivity contribution in [3.05, 3.63) is 18.0 Å². The van der Waals surface area contributed by atoms with Gasteiger partial charge in [-0.2, -0.15) is 18.3 Å². The number of hydrogen-bond donors (Lipinski definition) is 2. The van der Waals surface area contributed by atoms with Crippen molar-refractivity contribution in [2.75, 3.05) is 6.54 Å². The standard InChI is InChI=1S/C10H15F3N4O/c1-6(2)17-4-7(3-16-17)8(9(14)18)15-5-10(11,12)13/h3-4,6,8,15H,5H2,1-2H3,(H2,14,18). The quantitative estimate of drug-likeness (QED) is 0.837. The Morgan fingerprint density at radius 1 is 1.56 bits per heavy atom. The molecule has 1 unspecified atom stereocenters. The van der Waals surface area contributed by atoms with E-state index in [4.69, 9.17) is 5.73 Å². The number of rotatable bonds is 5. The van der Waals surface area contributed by atoms with Gasteiger partial charge >= 0.3 is 6.18 Å². The van der Waals surface area contributed by atoms with Crippen molar-refractivity contribution in [2.24, 2.45) is 5.73 Å². The number of carbonyl (C=O) groups is 1. The molecule has 0 aliphatic carbocycles. The third-order valence-corrected chi connectivity index (χ3v) is 2.28. The lowest BCUT2D eigenvalue weighted by Crippen LogP contribution is -2.38. The van der Waals surface area contributed by atoms with E-state index in [0.717, 1.165) is 0 Å². The Balaban J connectivity index is 2.81. The molecule has 0 radical (unpaired) electrons. The van der Waals surface area contributed by atoms with Crippen molar-refractivity contribution in [3.8, 4) is 0 Å². The summed E-state index contributed by atoms with van der Waals surface area (Å²) in [7, 11) is 0. The van der Waals surface area contributed by atoms with Crippen molar-refractivity contribution in [2.45, 2.75) is 32.1 Å². The van der Waals surface area contributed by atoms with Gasteiger partial charge < -0.3 is 5.73 Å². The van der Waals surface area contributed by atoms with E-state index >= 15 is 0 Å². The molecule has 0 saturated heterocycles. The number of nitrogens with two attached hydrogens (primary N) is 1. The lowest BCUT2D eigenvalue weighted by molar-refractivity contribution is -0.130. The van der Waals surface area contributed by atoms with Crippen LogP contribution in [0.15, 0.2) is 12.4 Å². The molecule has 0 bridgehead atoms. The highest BCUT2D eigenvalue weighted by Crippen LogP contribution is 2.18. The lowest BCUT2D eigenvalue weighted by atomic mass is 10.1. The number of halogens is 3. The second-order valence-electron chi connectivity index (χ2n) is 4.18. The minimum atomic E-state index is -4.40. The van der Waals surface area contributed by atoms with Gasteiger partial charge in [-0.1, -0.05) is 0 Å². The van der Waals surface area contributed by atoms with Gasteiger partial charge in [-0.25, -0.2) is 0 Å². The third kappa shape index (κ3) is 4.02. The van der Waals surface area contributed by atoms with Gasteiger partial charge in [0.25, 0.3) is 0 Å². The molecule has 0 aliphatic rings. The number of alkyl halides is 3. The van der Waals surface area contributed by atoms with E-state index in [1.807, 2.05) is 13.8 Å². The summed E-state index contributed by atoms with van der Waals surface area (Å²) in [6.07, 6.45) is -1.57. The van der Waals surface area contributed by atoms with Crippen LogP contribution in [-0.2, 0) is 4.79 Å². The highest BCUT2D eigenvalue weighted by atomic mass is 19.4. The molecule has 0 saturated carbocycles. The summed E-state index contributed by atoms with van der Waals surface area (Å²) in [6.45, 7) is 2.44. The number of primary amides is 1. The summed E-state index contributed by atoms with van der Waals surface area (Å²) < 4.78 is 37.8. The maximum Gasteiger partial charge on any atom is 0.401 e. The zero-order chi connectivity index (χ0) is 13.9. The fourth-order valence-corrected chi connectivity index (χ4v) is 1.38. The molecule has 102 valence electrons. The van der Waals surface area contributed by atoms with Gasteiger partial charge in [-0.15, -0.1) is 0 Å². The summed E-state index contributed by atoms with van der Waals surface area (Å²) in [6, 6.07) is -1.14. The van der Waals surface area contributed by atoms with Gasteiger partial charge in [-0.05, 0) is 13.8 Å². The minimum absolute atomic E-state index is 0.0508. The fraction of sp³-hybridized carbons (Fsp3) is 0.600. The first-order chi connectivity index (χ1) is 8.20. The van der Waals surface area contributed by atoms with Crippen LogP contribution in [0.3, 0.4) is 0 Å². The summed E-state index contributed by atoms with van der Waals surface area (Å²) in [5.41, 5.74) is 5.40. The van der Waals surface area contributed by atoms with Crippen molar-refractivity contribution in [3.63, 3.8) is 0 Å². The molecular weight excluding hydrogens is 249 g/mol. The van der Waals surface area contributed by atoms with Crippen molar-refractivity contribution in [1.29, 1.82) is 0 Å². The van der Waals surface area contributed by atoms with Crippen LogP contribution >= 0.6 is 0 Å². The molecule has 8 heteroatoms. The average Bonchev–Trinajstić information content (AvgIpc) is 2.64. The summed E-state index contributed by atoms with van der Waals surface area (Å²) in [5, 5.41) is 6.03.